The second-order valence-electron chi connectivity index (χ2n) is 5.93. The Balaban J connectivity index is 1.64. The van der Waals surface area contributed by atoms with Crippen molar-refractivity contribution in [3.05, 3.63) is 29.8 Å². The molecule has 1 atom stereocenters. The standard InChI is InChI=1S/C16H19N3O4/c20-13-6-2-1-4-11(13)16(23)19-9-3-5-12(19)15(22)18-17-14(21)10-7-8-10/h1-2,4,6,10,12,20H,3,5,7-9H2,(H,17,21)(H,18,22)/t12-/m0/s1. The smallest absolute Gasteiger partial charge is 0.261 e. The monoisotopic (exact) mass is 317 g/mol. The third-order valence-corrected chi connectivity index (χ3v) is 4.21. The molecule has 1 saturated heterocycles. The molecule has 2 fully saturated rings. The molecular weight excluding hydrogens is 298 g/mol. The number of carbonyl (C=O) groups excluding carboxylic acids is 3. The molecule has 0 spiro atoms. The Hall–Kier alpha value is -2.57. The molecule has 2 aliphatic rings. The van der Waals surface area contributed by atoms with Crippen LogP contribution in [0, 0.1) is 5.92 Å². The molecular formula is C16H19N3O4. The number of phenols is 1. The first-order valence-electron chi connectivity index (χ1n) is 7.76. The number of rotatable bonds is 3. The predicted octanol–water partition coefficient (Wildman–Crippen LogP) is 0.554. The van der Waals surface area contributed by atoms with Crippen molar-refractivity contribution in [2.75, 3.05) is 6.54 Å². The van der Waals surface area contributed by atoms with Crippen molar-refractivity contribution in [1.29, 1.82) is 0 Å². The Bertz CT molecular complexity index is 642. The minimum atomic E-state index is -0.637. The number of nitrogens with zero attached hydrogens (tertiary/aromatic N) is 1. The molecule has 1 aliphatic carbocycles. The lowest BCUT2D eigenvalue weighted by Gasteiger charge is -2.24. The van der Waals surface area contributed by atoms with Gasteiger partial charge in [0, 0.05) is 12.5 Å². The molecule has 0 bridgehead atoms. The van der Waals surface area contributed by atoms with Crippen LogP contribution in [-0.2, 0) is 9.59 Å². The van der Waals surface area contributed by atoms with Gasteiger partial charge in [-0.25, -0.2) is 0 Å². The van der Waals surface area contributed by atoms with E-state index in [9.17, 15) is 19.5 Å². The van der Waals surface area contributed by atoms with Crippen molar-refractivity contribution in [2.45, 2.75) is 31.7 Å². The zero-order chi connectivity index (χ0) is 16.4. The van der Waals surface area contributed by atoms with Gasteiger partial charge >= 0.3 is 0 Å². The van der Waals surface area contributed by atoms with Crippen LogP contribution in [0.2, 0.25) is 0 Å². The summed E-state index contributed by atoms with van der Waals surface area (Å²) in [4.78, 5) is 37.8. The van der Waals surface area contributed by atoms with Gasteiger partial charge in [-0.1, -0.05) is 12.1 Å². The lowest BCUT2D eigenvalue weighted by atomic mass is 10.1. The number of likely N-dealkylation sites (tertiary alicyclic amines) is 1. The summed E-state index contributed by atoms with van der Waals surface area (Å²) in [5, 5.41) is 9.81. The second-order valence-corrected chi connectivity index (χ2v) is 5.93. The fourth-order valence-electron chi connectivity index (χ4n) is 2.75. The van der Waals surface area contributed by atoms with E-state index >= 15 is 0 Å². The first-order chi connectivity index (χ1) is 11.1. The minimum Gasteiger partial charge on any atom is -0.507 e. The predicted molar refractivity (Wildman–Crippen MR) is 81.2 cm³/mol. The van der Waals surface area contributed by atoms with Gasteiger partial charge in [-0.05, 0) is 37.8 Å². The zero-order valence-electron chi connectivity index (χ0n) is 12.6. The van der Waals surface area contributed by atoms with Gasteiger partial charge in [-0.2, -0.15) is 0 Å². The van der Waals surface area contributed by atoms with Crippen molar-refractivity contribution in [2.24, 2.45) is 5.92 Å². The summed E-state index contributed by atoms with van der Waals surface area (Å²) < 4.78 is 0. The van der Waals surface area contributed by atoms with Crippen LogP contribution in [0.15, 0.2) is 24.3 Å². The van der Waals surface area contributed by atoms with Crippen molar-refractivity contribution in [1.82, 2.24) is 15.8 Å². The molecule has 3 rings (SSSR count). The molecule has 3 N–H and O–H groups in total. The van der Waals surface area contributed by atoms with E-state index in [0.29, 0.717) is 19.4 Å². The van der Waals surface area contributed by atoms with E-state index in [1.807, 2.05) is 0 Å². The maximum atomic E-state index is 12.5. The summed E-state index contributed by atoms with van der Waals surface area (Å²) in [6.45, 7) is 0.446. The van der Waals surface area contributed by atoms with Crippen LogP contribution >= 0.6 is 0 Å². The second kappa shape index (κ2) is 6.28. The van der Waals surface area contributed by atoms with Crippen LogP contribution in [0.1, 0.15) is 36.0 Å². The molecule has 1 heterocycles. The molecule has 0 aromatic heterocycles. The topological polar surface area (TPSA) is 98.7 Å². The number of benzene rings is 1. The van der Waals surface area contributed by atoms with Crippen LogP contribution in [0.4, 0.5) is 0 Å². The van der Waals surface area contributed by atoms with Crippen LogP contribution in [0.25, 0.3) is 0 Å². The van der Waals surface area contributed by atoms with Gasteiger partial charge in [0.1, 0.15) is 11.8 Å². The van der Waals surface area contributed by atoms with Crippen LogP contribution in [0.3, 0.4) is 0 Å². The SMILES string of the molecule is O=C(NNC(=O)[C@@H]1CCCN1C(=O)c1ccccc1O)C1CC1. The van der Waals surface area contributed by atoms with Crippen LogP contribution in [-0.4, -0.2) is 40.3 Å². The lowest BCUT2D eigenvalue weighted by molar-refractivity contribution is -0.131. The molecule has 0 unspecified atom stereocenters. The number of hydrogen-bond donors (Lipinski definition) is 3. The summed E-state index contributed by atoms with van der Waals surface area (Å²) in [5.74, 6) is -1.08. The Kier molecular flexibility index (Phi) is 4.18. The molecule has 1 saturated carbocycles. The molecule has 1 aliphatic heterocycles. The van der Waals surface area contributed by atoms with E-state index in [0.717, 1.165) is 12.8 Å². The Morgan fingerprint density at radius 1 is 1.04 bits per heavy atom. The third kappa shape index (κ3) is 3.28. The number of amides is 3. The van der Waals surface area contributed by atoms with Crippen LogP contribution < -0.4 is 10.9 Å². The largest absolute Gasteiger partial charge is 0.507 e. The third-order valence-electron chi connectivity index (χ3n) is 4.21. The average Bonchev–Trinajstić information content (AvgIpc) is 3.29. The Morgan fingerprint density at radius 2 is 1.74 bits per heavy atom. The highest BCUT2D eigenvalue weighted by atomic mass is 16.3. The highest BCUT2D eigenvalue weighted by Crippen LogP contribution is 2.28. The van der Waals surface area contributed by atoms with Crippen LogP contribution in [0.5, 0.6) is 5.75 Å². The van der Waals surface area contributed by atoms with Crippen molar-refractivity contribution < 1.29 is 19.5 Å². The molecule has 1 aromatic carbocycles. The number of para-hydroxylation sites is 1. The van der Waals surface area contributed by atoms with E-state index in [2.05, 4.69) is 10.9 Å². The highest BCUT2D eigenvalue weighted by molar-refractivity contribution is 6.00. The average molecular weight is 317 g/mol. The van der Waals surface area contributed by atoms with Gasteiger partial charge in [0.25, 0.3) is 11.8 Å². The van der Waals surface area contributed by atoms with Gasteiger partial charge in [0.2, 0.25) is 5.91 Å². The summed E-state index contributed by atoms with van der Waals surface area (Å²) in [5.41, 5.74) is 4.98. The van der Waals surface area contributed by atoms with Gasteiger partial charge in [0.05, 0.1) is 5.56 Å². The van der Waals surface area contributed by atoms with Gasteiger partial charge < -0.3 is 10.0 Å². The van der Waals surface area contributed by atoms with E-state index in [1.165, 1.54) is 17.0 Å². The van der Waals surface area contributed by atoms with E-state index in [1.54, 1.807) is 12.1 Å². The first-order valence-corrected chi connectivity index (χ1v) is 7.76. The molecule has 1 aromatic rings. The number of nitrogens with one attached hydrogen (secondary N) is 2. The quantitative estimate of drug-likeness (QED) is 0.709. The summed E-state index contributed by atoms with van der Waals surface area (Å²) >= 11 is 0. The number of carbonyl (C=O) groups is 3. The zero-order valence-corrected chi connectivity index (χ0v) is 12.6. The molecule has 7 heteroatoms. The molecule has 23 heavy (non-hydrogen) atoms. The number of hydrazine groups is 1. The Morgan fingerprint density at radius 3 is 2.43 bits per heavy atom. The summed E-state index contributed by atoms with van der Waals surface area (Å²) in [6.07, 6.45) is 2.94. The van der Waals surface area contributed by atoms with Crippen molar-refractivity contribution in [3.63, 3.8) is 0 Å². The normalized spacial score (nSPS) is 20.2. The maximum Gasteiger partial charge on any atom is 0.261 e. The maximum absolute atomic E-state index is 12.5. The van der Waals surface area contributed by atoms with Crippen molar-refractivity contribution >= 4 is 17.7 Å². The molecule has 7 nitrogen and oxygen atoms in total. The number of aromatic hydroxyl groups is 1. The number of phenolic OH excluding ortho intramolecular Hbond substituents is 1. The first kappa shape index (κ1) is 15.3. The molecule has 3 amide bonds. The summed E-state index contributed by atoms with van der Waals surface area (Å²) in [6, 6.07) is 5.62. The molecule has 0 radical (unpaired) electrons. The van der Waals surface area contributed by atoms with Gasteiger partial charge in [0.15, 0.2) is 0 Å². The summed E-state index contributed by atoms with van der Waals surface area (Å²) in [7, 11) is 0. The van der Waals surface area contributed by atoms with Gasteiger partial charge in [-0.3, -0.25) is 25.2 Å². The van der Waals surface area contributed by atoms with Crippen molar-refractivity contribution in [3.8, 4) is 5.75 Å². The molecule has 122 valence electrons. The lowest BCUT2D eigenvalue weighted by Crippen LogP contribution is -2.51. The fraction of sp³-hybridized carbons (Fsp3) is 0.438. The fourth-order valence-corrected chi connectivity index (χ4v) is 2.75. The van der Waals surface area contributed by atoms with E-state index in [-0.39, 0.29) is 29.0 Å². The Labute approximate surface area is 133 Å². The minimum absolute atomic E-state index is 0.00196. The number of hydrogen-bond acceptors (Lipinski definition) is 4. The van der Waals surface area contributed by atoms with Gasteiger partial charge in [-0.15, -0.1) is 0 Å². The highest BCUT2D eigenvalue weighted by Gasteiger charge is 2.36. The van der Waals surface area contributed by atoms with E-state index < -0.39 is 11.9 Å². The van der Waals surface area contributed by atoms with E-state index in [4.69, 9.17) is 0 Å².